The first kappa shape index (κ1) is 14.7. The molecule has 20 heavy (non-hydrogen) atoms. The molecule has 1 aliphatic heterocycles. The molecule has 2 amide bonds. The van der Waals surface area contributed by atoms with Crippen molar-refractivity contribution in [2.24, 2.45) is 5.14 Å². The molecule has 1 aromatic rings. The van der Waals surface area contributed by atoms with E-state index in [1.54, 1.807) is 0 Å². The molecular formula is C11H14FN3O4S. The first-order valence-corrected chi connectivity index (χ1v) is 7.38. The summed E-state index contributed by atoms with van der Waals surface area (Å²) in [6.07, 6.45) is 0.693. The lowest BCUT2D eigenvalue weighted by Gasteiger charge is -2.12. The predicted octanol–water partition coefficient (Wildman–Crippen LogP) is 0.383. The highest BCUT2D eigenvalue weighted by molar-refractivity contribution is 7.89. The standard InChI is InChI=1S/C11H14FN3O4S/c12-7-3-9(5-10(4-7)20(13,17)18)15-11(16)14-8-1-2-19-6-8/h3-5,8H,1-2,6H2,(H2,13,17,18)(H2,14,15,16). The van der Waals surface area contributed by atoms with E-state index in [2.05, 4.69) is 10.6 Å². The fourth-order valence-electron chi connectivity index (χ4n) is 1.80. The molecule has 1 aromatic carbocycles. The molecule has 1 saturated heterocycles. The topological polar surface area (TPSA) is 111 Å². The van der Waals surface area contributed by atoms with Gasteiger partial charge in [-0.1, -0.05) is 0 Å². The number of carbonyl (C=O) groups is 1. The lowest BCUT2D eigenvalue weighted by molar-refractivity contribution is 0.189. The number of ether oxygens (including phenoxy) is 1. The molecule has 7 nitrogen and oxygen atoms in total. The maximum atomic E-state index is 13.3. The number of nitrogens with one attached hydrogen (secondary N) is 2. The second kappa shape index (κ2) is 5.73. The summed E-state index contributed by atoms with van der Waals surface area (Å²) in [7, 11) is -4.04. The molecule has 0 aliphatic carbocycles. The van der Waals surface area contributed by atoms with Gasteiger partial charge in [-0.25, -0.2) is 22.7 Å². The Hall–Kier alpha value is -1.71. The summed E-state index contributed by atoms with van der Waals surface area (Å²) in [6.45, 7) is 0.986. The van der Waals surface area contributed by atoms with E-state index in [1.165, 1.54) is 0 Å². The molecule has 0 aromatic heterocycles. The zero-order chi connectivity index (χ0) is 14.8. The van der Waals surface area contributed by atoms with Crippen molar-refractivity contribution in [1.29, 1.82) is 0 Å². The molecule has 1 unspecified atom stereocenters. The van der Waals surface area contributed by atoms with Crippen LogP contribution in [-0.4, -0.2) is 33.7 Å². The van der Waals surface area contributed by atoms with Crippen LogP contribution in [0, 0.1) is 5.82 Å². The Morgan fingerprint density at radius 2 is 2.15 bits per heavy atom. The van der Waals surface area contributed by atoms with Crippen LogP contribution in [0.3, 0.4) is 0 Å². The number of hydrogen-bond acceptors (Lipinski definition) is 4. The van der Waals surface area contributed by atoms with Gasteiger partial charge in [-0.2, -0.15) is 0 Å². The molecule has 2 rings (SSSR count). The summed E-state index contributed by atoms with van der Waals surface area (Å²) in [5.41, 5.74) is 0.00504. The van der Waals surface area contributed by atoms with Crippen LogP contribution in [0.5, 0.6) is 0 Å². The number of anilines is 1. The van der Waals surface area contributed by atoms with E-state index in [0.717, 1.165) is 18.2 Å². The largest absolute Gasteiger partial charge is 0.379 e. The number of rotatable bonds is 3. The molecule has 1 aliphatic rings. The van der Waals surface area contributed by atoms with Crippen molar-refractivity contribution in [2.45, 2.75) is 17.4 Å². The molecule has 0 saturated carbocycles. The number of amides is 2. The molecule has 0 radical (unpaired) electrons. The number of urea groups is 1. The summed E-state index contributed by atoms with van der Waals surface area (Å²) in [5.74, 6) is -0.809. The maximum Gasteiger partial charge on any atom is 0.319 e. The van der Waals surface area contributed by atoms with Gasteiger partial charge >= 0.3 is 6.03 Å². The van der Waals surface area contributed by atoms with Crippen LogP contribution in [0.4, 0.5) is 14.9 Å². The summed E-state index contributed by atoms with van der Waals surface area (Å²) in [5, 5.41) is 9.90. The summed E-state index contributed by atoms with van der Waals surface area (Å²) >= 11 is 0. The van der Waals surface area contributed by atoms with Crippen LogP contribution in [-0.2, 0) is 14.8 Å². The second-order valence-electron chi connectivity index (χ2n) is 4.38. The van der Waals surface area contributed by atoms with Crippen molar-refractivity contribution < 1.29 is 22.3 Å². The van der Waals surface area contributed by atoms with E-state index in [1.807, 2.05) is 0 Å². The Morgan fingerprint density at radius 3 is 2.75 bits per heavy atom. The zero-order valence-electron chi connectivity index (χ0n) is 10.4. The van der Waals surface area contributed by atoms with Crippen LogP contribution in [0.2, 0.25) is 0 Å². The minimum atomic E-state index is -4.04. The number of hydrogen-bond donors (Lipinski definition) is 3. The van der Waals surface area contributed by atoms with Crippen molar-refractivity contribution in [3.8, 4) is 0 Å². The van der Waals surface area contributed by atoms with Gasteiger partial charge in [0, 0.05) is 12.3 Å². The molecule has 1 atom stereocenters. The number of halogens is 1. The molecule has 4 N–H and O–H groups in total. The van der Waals surface area contributed by atoms with E-state index in [4.69, 9.17) is 9.88 Å². The molecule has 9 heteroatoms. The Balaban J connectivity index is 2.08. The SMILES string of the molecule is NS(=O)(=O)c1cc(F)cc(NC(=O)NC2CCOC2)c1. The molecule has 1 heterocycles. The lowest BCUT2D eigenvalue weighted by atomic mass is 10.3. The van der Waals surface area contributed by atoms with Crippen molar-refractivity contribution in [1.82, 2.24) is 5.32 Å². The van der Waals surface area contributed by atoms with E-state index < -0.39 is 26.8 Å². The average molecular weight is 303 g/mol. The van der Waals surface area contributed by atoms with Crippen molar-refractivity contribution in [3.63, 3.8) is 0 Å². The minimum absolute atomic E-state index is 0.00504. The predicted molar refractivity (Wildman–Crippen MR) is 69.2 cm³/mol. The van der Waals surface area contributed by atoms with Gasteiger partial charge in [-0.15, -0.1) is 0 Å². The summed E-state index contributed by atoms with van der Waals surface area (Å²) in [6, 6.07) is 2.19. The van der Waals surface area contributed by atoms with Crippen LogP contribution in [0.25, 0.3) is 0 Å². The Kier molecular flexibility index (Phi) is 4.21. The van der Waals surface area contributed by atoms with E-state index in [9.17, 15) is 17.6 Å². The smallest absolute Gasteiger partial charge is 0.319 e. The van der Waals surface area contributed by atoms with Gasteiger partial charge in [-0.05, 0) is 24.6 Å². The van der Waals surface area contributed by atoms with Gasteiger partial charge in [0.25, 0.3) is 0 Å². The summed E-state index contributed by atoms with van der Waals surface area (Å²) in [4.78, 5) is 11.3. The highest BCUT2D eigenvalue weighted by Crippen LogP contribution is 2.17. The van der Waals surface area contributed by atoms with Gasteiger partial charge in [-0.3, -0.25) is 0 Å². The Labute approximate surface area is 115 Å². The van der Waals surface area contributed by atoms with Crippen LogP contribution in [0.15, 0.2) is 23.1 Å². The molecular weight excluding hydrogens is 289 g/mol. The van der Waals surface area contributed by atoms with Gasteiger partial charge in [0.2, 0.25) is 10.0 Å². The van der Waals surface area contributed by atoms with E-state index in [-0.39, 0.29) is 11.7 Å². The first-order valence-electron chi connectivity index (χ1n) is 5.83. The van der Waals surface area contributed by atoms with E-state index >= 15 is 0 Å². The van der Waals surface area contributed by atoms with E-state index in [0.29, 0.717) is 19.6 Å². The third-order valence-corrected chi connectivity index (χ3v) is 3.62. The fourth-order valence-corrected chi connectivity index (χ4v) is 2.37. The van der Waals surface area contributed by atoms with Gasteiger partial charge in [0.1, 0.15) is 5.82 Å². The quantitative estimate of drug-likeness (QED) is 0.749. The van der Waals surface area contributed by atoms with Crippen molar-refractivity contribution in [2.75, 3.05) is 18.5 Å². The number of sulfonamides is 1. The van der Waals surface area contributed by atoms with Gasteiger partial charge < -0.3 is 15.4 Å². The van der Waals surface area contributed by atoms with Crippen LogP contribution in [0.1, 0.15) is 6.42 Å². The van der Waals surface area contributed by atoms with Crippen LogP contribution >= 0.6 is 0 Å². The van der Waals surface area contributed by atoms with Crippen LogP contribution < -0.4 is 15.8 Å². The van der Waals surface area contributed by atoms with Gasteiger partial charge in [0.15, 0.2) is 0 Å². The van der Waals surface area contributed by atoms with Gasteiger partial charge in [0.05, 0.1) is 17.5 Å². The summed E-state index contributed by atoms with van der Waals surface area (Å²) < 4.78 is 40.7. The molecule has 0 bridgehead atoms. The lowest BCUT2D eigenvalue weighted by Crippen LogP contribution is -2.38. The number of nitrogens with two attached hydrogens (primary N) is 1. The maximum absolute atomic E-state index is 13.3. The molecule has 1 fully saturated rings. The third-order valence-electron chi connectivity index (χ3n) is 2.72. The second-order valence-corrected chi connectivity index (χ2v) is 5.94. The third kappa shape index (κ3) is 3.89. The highest BCUT2D eigenvalue weighted by atomic mass is 32.2. The Morgan fingerprint density at radius 1 is 1.40 bits per heavy atom. The average Bonchev–Trinajstić information content (AvgIpc) is 2.79. The van der Waals surface area contributed by atoms with Crippen molar-refractivity contribution >= 4 is 21.7 Å². The molecule has 0 spiro atoms. The fraction of sp³-hybridized carbons (Fsp3) is 0.364. The highest BCUT2D eigenvalue weighted by Gasteiger charge is 2.18. The monoisotopic (exact) mass is 303 g/mol. The number of carbonyl (C=O) groups excluding carboxylic acids is 1. The van der Waals surface area contributed by atoms with Crippen molar-refractivity contribution in [3.05, 3.63) is 24.0 Å². The Bertz CT molecular complexity index is 614. The number of primary sulfonamides is 1. The zero-order valence-corrected chi connectivity index (χ0v) is 11.2. The number of benzene rings is 1. The minimum Gasteiger partial charge on any atom is -0.379 e. The molecule has 110 valence electrons. The normalized spacial score (nSPS) is 18.8. The first-order chi connectivity index (χ1) is 9.34.